The van der Waals surface area contributed by atoms with Crippen molar-refractivity contribution < 1.29 is 4.79 Å². The summed E-state index contributed by atoms with van der Waals surface area (Å²) < 4.78 is 1.66. The Morgan fingerprint density at radius 1 is 1.05 bits per heavy atom. The third-order valence-corrected chi connectivity index (χ3v) is 3.91. The molecule has 2 aromatic carbocycles. The molecule has 1 aromatic heterocycles. The second kappa shape index (κ2) is 5.73. The van der Waals surface area contributed by atoms with Crippen molar-refractivity contribution >= 4 is 17.9 Å². The summed E-state index contributed by atoms with van der Waals surface area (Å²) in [5, 5.41) is 8.73. The first-order chi connectivity index (χ1) is 10.6. The van der Waals surface area contributed by atoms with E-state index in [1.807, 2.05) is 37.3 Å². The molecule has 22 heavy (non-hydrogen) atoms. The molecule has 0 atom stereocenters. The minimum atomic E-state index is 0.318. The highest BCUT2D eigenvalue weighted by molar-refractivity contribution is 6.30. The predicted molar refractivity (Wildman–Crippen MR) is 86.7 cm³/mol. The minimum Gasteiger partial charge on any atom is -0.296 e. The summed E-state index contributed by atoms with van der Waals surface area (Å²) in [6.07, 6.45) is 0.726. The number of aldehydes is 1. The van der Waals surface area contributed by atoms with E-state index in [4.69, 9.17) is 11.6 Å². The molecule has 0 saturated carbocycles. The maximum absolute atomic E-state index is 11.3. The molecule has 0 unspecified atom stereocenters. The van der Waals surface area contributed by atoms with E-state index >= 15 is 0 Å². The minimum absolute atomic E-state index is 0.318. The van der Waals surface area contributed by atoms with Gasteiger partial charge in [-0.15, -0.1) is 5.10 Å². The van der Waals surface area contributed by atoms with Crippen LogP contribution in [0.15, 0.2) is 42.5 Å². The van der Waals surface area contributed by atoms with Crippen LogP contribution in [0.2, 0.25) is 5.02 Å². The summed E-state index contributed by atoms with van der Waals surface area (Å²) in [6, 6.07) is 13.3. The summed E-state index contributed by atoms with van der Waals surface area (Å²) in [5.74, 6) is 0. The van der Waals surface area contributed by atoms with Crippen LogP contribution in [0.25, 0.3) is 16.9 Å². The maximum Gasteiger partial charge on any atom is 0.172 e. The molecule has 0 saturated heterocycles. The summed E-state index contributed by atoms with van der Waals surface area (Å²) in [5.41, 5.74) is 5.06. The normalized spacial score (nSPS) is 10.7. The van der Waals surface area contributed by atoms with Crippen LogP contribution in [0.5, 0.6) is 0 Å². The first-order valence-corrected chi connectivity index (χ1v) is 7.22. The lowest BCUT2D eigenvalue weighted by molar-refractivity contribution is 0.111. The van der Waals surface area contributed by atoms with Crippen molar-refractivity contribution in [2.45, 2.75) is 13.8 Å². The van der Waals surface area contributed by atoms with Gasteiger partial charge < -0.3 is 0 Å². The summed E-state index contributed by atoms with van der Waals surface area (Å²) in [7, 11) is 0. The first kappa shape index (κ1) is 14.5. The van der Waals surface area contributed by atoms with E-state index in [1.54, 1.807) is 16.8 Å². The molecule has 0 bridgehead atoms. The molecule has 0 spiro atoms. The fourth-order valence-corrected chi connectivity index (χ4v) is 2.42. The average Bonchev–Trinajstić information content (AvgIpc) is 2.94. The van der Waals surface area contributed by atoms with Gasteiger partial charge in [-0.1, -0.05) is 28.9 Å². The zero-order chi connectivity index (χ0) is 15.7. The fraction of sp³-hybridized carbons (Fsp3) is 0.118. The average molecular weight is 312 g/mol. The number of nitrogens with zero attached hydrogens (tertiary/aromatic N) is 3. The third kappa shape index (κ3) is 2.53. The van der Waals surface area contributed by atoms with Gasteiger partial charge in [0.05, 0.1) is 5.69 Å². The number of halogens is 1. The molecule has 110 valence electrons. The molecule has 5 heteroatoms. The molecule has 0 amide bonds. The smallest absolute Gasteiger partial charge is 0.172 e. The van der Waals surface area contributed by atoms with E-state index in [0.717, 1.165) is 23.1 Å². The highest BCUT2D eigenvalue weighted by Gasteiger charge is 2.16. The second-order valence-electron chi connectivity index (χ2n) is 5.13. The standard InChI is InChI=1S/C17H14ClN3O/c1-11-3-4-13(9-12(11)2)17-16(10-22)19-20-21(17)15-7-5-14(18)6-8-15/h3-10H,1-2H3. The largest absolute Gasteiger partial charge is 0.296 e. The number of hydrogen-bond donors (Lipinski definition) is 0. The Morgan fingerprint density at radius 2 is 1.77 bits per heavy atom. The van der Waals surface area contributed by atoms with Gasteiger partial charge in [0.25, 0.3) is 0 Å². The second-order valence-corrected chi connectivity index (χ2v) is 5.56. The van der Waals surface area contributed by atoms with Crippen molar-refractivity contribution in [1.82, 2.24) is 15.0 Å². The fourth-order valence-electron chi connectivity index (χ4n) is 2.29. The quantitative estimate of drug-likeness (QED) is 0.686. The maximum atomic E-state index is 11.3. The van der Waals surface area contributed by atoms with Crippen molar-refractivity contribution in [3.63, 3.8) is 0 Å². The Hall–Kier alpha value is -2.46. The van der Waals surface area contributed by atoms with Crippen LogP contribution in [-0.4, -0.2) is 21.3 Å². The van der Waals surface area contributed by atoms with E-state index in [2.05, 4.69) is 17.2 Å². The summed E-state index contributed by atoms with van der Waals surface area (Å²) in [4.78, 5) is 11.3. The Morgan fingerprint density at radius 3 is 2.41 bits per heavy atom. The van der Waals surface area contributed by atoms with E-state index < -0.39 is 0 Å². The van der Waals surface area contributed by atoms with Crippen molar-refractivity contribution in [3.05, 3.63) is 64.3 Å². The van der Waals surface area contributed by atoms with Crippen LogP contribution in [0, 0.1) is 13.8 Å². The number of rotatable bonds is 3. The molecule has 3 rings (SSSR count). The highest BCUT2D eigenvalue weighted by atomic mass is 35.5. The van der Waals surface area contributed by atoms with Crippen LogP contribution in [0.1, 0.15) is 21.6 Å². The number of hydrogen-bond acceptors (Lipinski definition) is 3. The topological polar surface area (TPSA) is 47.8 Å². The lowest BCUT2D eigenvalue weighted by Crippen LogP contribution is -2.00. The molecular weight excluding hydrogens is 298 g/mol. The Balaban J connectivity index is 2.21. The van der Waals surface area contributed by atoms with Crippen molar-refractivity contribution in [3.8, 4) is 16.9 Å². The van der Waals surface area contributed by atoms with Gasteiger partial charge in [-0.3, -0.25) is 4.79 Å². The zero-order valence-corrected chi connectivity index (χ0v) is 13.0. The highest BCUT2D eigenvalue weighted by Crippen LogP contribution is 2.26. The summed E-state index contributed by atoms with van der Waals surface area (Å²) >= 11 is 5.93. The van der Waals surface area contributed by atoms with Crippen molar-refractivity contribution in [2.75, 3.05) is 0 Å². The van der Waals surface area contributed by atoms with E-state index in [-0.39, 0.29) is 0 Å². The van der Waals surface area contributed by atoms with Gasteiger partial charge in [-0.25, -0.2) is 4.68 Å². The Bertz CT molecular complexity index is 838. The molecular formula is C17H14ClN3O. The number of carbonyl (C=O) groups excluding carboxylic acids is 1. The Kier molecular flexibility index (Phi) is 3.77. The predicted octanol–water partition coefficient (Wildman–Crippen LogP) is 4.02. The first-order valence-electron chi connectivity index (χ1n) is 6.84. The summed E-state index contributed by atoms with van der Waals surface area (Å²) in [6.45, 7) is 4.09. The molecule has 0 aliphatic heterocycles. The lowest BCUT2D eigenvalue weighted by atomic mass is 10.0. The van der Waals surface area contributed by atoms with Gasteiger partial charge in [-0.05, 0) is 55.3 Å². The number of aryl methyl sites for hydroxylation is 2. The third-order valence-electron chi connectivity index (χ3n) is 3.66. The van der Waals surface area contributed by atoms with E-state index in [1.165, 1.54) is 5.56 Å². The van der Waals surface area contributed by atoms with Gasteiger partial charge in [0, 0.05) is 10.6 Å². The van der Waals surface area contributed by atoms with Crippen LogP contribution in [-0.2, 0) is 0 Å². The molecule has 0 aliphatic carbocycles. The molecule has 0 fully saturated rings. The molecule has 3 aromatic rings. The van der Waals surface area contributed by atoms with Crippen LogP contribution >= 0.6 is 11.6 Å². The van der Waals surface area contributed by atoms with Gasteiger partial charge in [0.2, 0.25) is 0 Å². The van der Waals surface area contributed by atoms with Crippen molar-refractivity contribution in [2.24, 2.45) is 0 Å². The molecule has 0 N–H and O–H groups in total. The van der Waals surface area contributed by atoms with Crippen molar-refractivity contribution in [1.29, 1.82) is 0 Å². The van der Waals surface area contributed by atoms with Crippen LogP contribution in [0.3, 0.4) is 0 Å². The molecule has 0 aliphatic rings. The SMILES string of the molecule is Cc1ccc(-c2c(C=O)nnn2-c2ccc(Cl)cc2)cc1C. The van der Waals surface area contributed by atoms with Gasteiger partial charge in [-0.2, -0.15) is 0 Å². The van der Waals surface area contributed by atoms with Gasteiger partial charge in [0.1, 0.15) is 5.69 Å². The monoisotopic (exact) mass is 311 g/mol. The molecule has 4 nitrogen and oxygen atoms in total. The number of aromatic nitrogens is 3. The van der Waals surface area contributed by atoms with Gasteiger partial charge in [0.15, 0.2) is 12.0 Å². The Labute approximate surface area is 133 Å². The van der Waals surface area contributed by atoms with Gasteiger partial charge >= 0.3 is 0 Å². The molecule has 0 radical (unpaired) electrons. The van der Waals surface area contributed by atoms with Crippen LogP contribution in [0.4, 0.5) is 0 Å². The van der Waals surface area contributed by atoms with E-state index in [0.29, 0.717) is 16.4 Å². The lowest BCUT2D eigenvalue weighted by Gasteiger charge is -2.09. The zero-order valence-electron chi connectivity index (χ0n) is 12.2. The number of benzene rings is 2. The van der Waals surface area contributed by atoms with E-state index in [9.17, 15) is 4.79 Å². The van der Waals surface area contributed by atoms with Crippen LogP contribution < -0.4 is 0 Å². The number of carbonyl (C=O) groups is 1. The molecule has 1 heterocycles.